The van der Waals surface area contributed by atoms with Crippen LogP contribution in [0.5, 0.6) is 5.75 Å². The van der Waals surface area contributed by atoms with Crippen LogP contribution in [-0.4, -0.2) is 32.2 Å². The van der Waals surface area contributed by atoms with Gasteiger partial charge in [-0.1, -0.05) is 24.6 Å². The van der Waals surface area contributed by atoms with Crippen LogP contribution in [0.3, 0.4) is 0 Å². The summed E-state index contributed by atoms with van der Waals surface area (Å²) in [4.78, 5) is 4.22. The number of hydrogen-bond acceptors (Lipinski definition) is 2. The van der Waals surface area contributed by atoms with Gasteiger partial charge in [-0.2, -0.15) is 0 Å². The number of benzene rings is 1. The number of hydrogen-bond donors (Lipinski definition) is 2. The van der Waals surface area contributed by atoms with E-state index in [2.05, 4.69) is 41.6 Å². The van der Waals surface area contributed by atoms with Gasteiger partial charge in [0.2, 0.25) is 0 Å². The molecule has 0 spiro atoms. The van der Waals surface area contributed by atoms with Crippen molar-refractivity contribution in [1.29, 1.82) is 0 Å². The molecule has 1 aromatic carbocycles. The summed E-state index contributed by atoms with van der Waals surface area (Å²) in [5.41, 5.74) is 1.25. The van der Waals surface area contributed by atoms with Gasteiger partial charge in [-0.15, -0.1) is 0 Å². The molecule has 110 valence electrons. The lowest BCUT2D eigenvalue weighted by atomic mass is 10.2. The summed E-state index contributed by atoms with van der Waals surface area (Å²) in [6.07, 6.45) is 2.20. The molecule has 2 N–H and O–H groups in total. The van der Waals surface area contributed by atoms with Crippen LogP contribution in [0.2, 0.25) is 0 Å². The monoisotopic (exact) mass is 275 g/mol. The molecule has 2 atom stereocenters. The second-order valence-corrected chi connectivity index (χ2v) is 5.48. The molecule has 0 aromatic heterocycles. The number of guanidine groups is 1. The first kappa shape index (κ1) is 14.7. The summed E-state index contributed by atoms with van der Waals surface area (Å²) >= 11 is 0. The molecule has 2 unspecified atom stereocenters. The highest BCUT2D eigenvalue weighted by Crippen LogP contribution is 2.28. The van der Waals surface area contributed by atoms with Crippen molar-refractivity contribution >= 4 is 5.96 Å². The molecule has 0 saturated heterocycles. The summed E-state index contributed by atoms with van der Waals surface area (Å²) in [6.45, 7) is 5.91. The van der Waals surface area contributed by atoms with Gasteiger partial charge in [-0.3, -0.25) is 4.99 Å². The predicted molar refractivity (Wildman–Crippen MR) is 83.4 cm³/mol. The van der Waals surface area contributed by atoms with Crippen LogP contribution in [0.25, 0.3) is 0 Å². The fourth-order valence-corrected chi connectivity index (χ4v) is 2.00. The van der Waals surface area contributed by atoms with E-state index >= 15 is 0 Å². The number of aliphatic imine (C=N–C) groups is 1. The van der Waals surface area contributed by atoms with E-state index in [1.807, 2.05) is 19.2 Å². The highest BCUT2D eigenvalue weighted by Gasteiger charge is 2.33. The molecule has 0 bridgehead atoms. The first-order chi connectivity index (χ1) is 9.69. The maximum atomic E-state index is 5.69. The number of ether oxygens (including phenoxy) is 1. The summed E-state index contributed by atoms with van der Waals surface area (Å²) in [6, 6.07) is 8.76. The van der Waals surface area contributed by atoms with Gasteiger partial charge >= 0.3 is 0 Å². The van der Waals surface area contributed by atoms with Crippen LogP contribution in [0, 0.1) is 12.8 Å². The molecule has 20 heavy (non-hydrogen) atoms. The normalized spacial score (nSPS) is 21.4. The predicted octanol–water partition coefficient (Wildman–Crippen LogP) is 2.34. The zero-order valence-electron chi connectivity index (χ0n) is 12.6. The smallest absolute Gasteiger partial charge is 0.191 e. The van der Waals surface area contributed by atoms with Gasteiger partial charge in [-0.25, -0.2) is 0 Å². The molecule has 1 aliphatic rings. The topological polar surface area (TPSA) is 45.7 Å². The van der Waals surface area contributed by atoms with Gasteiger partial charge in [0.05, 0.1) is 6.61 Å². The molecule has 1 fully saturated rings. The molecule has 4 nitrogen and oxygen atoms in total. The Morgan fingerprint density at radius 3 is 2.65 bits per heavy atom. The summed E-state index contributed by atoms with van der Waals surface area (Å²) < 4.78 is 5.69. The van der Waals surface area contributed by atoms with E-state index in [1.54, 1.807) is 0 Å². The fraction of sp³-hybridized carbons (Fsp3) is 0.562. The van der Waals surface area contributed by atoms with Gasteiger partial charge in [0.15, 0.2) is 5.96 Å². The Bertz CT molecular complexity index is 442. The molecule has 0 aliphatic heterocycles. The minimum absolute atomic E-state index is 0.602. The molecule has 4 heteroatoms. The molecule has 1 saturated carbocycles. The summed E-state index contributed by atoms with van der Waals surface area (Å²) in [5, 5.41) is 6.72. The number of nitrogens with one attached hydrogen (secondary N) is 2. The molecular formula is C16H25N3O. The molecule has 0 heterocycles. The molecule has 1 aromatic rings. The Hall–Kier alpha value is -1.71. The zero-order chi connectivity index (χ0) is 14.4. The second kappa shape index (κ2) is 7.17. The third kappa shape index (κ3) is 4.76. The van der Waals surface area contributed by atoms with Crippen molar-refractivity contribution in [3.63, 3.8) is 0 Å². The van der Waals surface area contributed by atoms with Crippen LogP contribution in [0.1, 0.15) is 25.3 Å². The lowest BCUT2D eigenvalue weighted by Crippen LogP contribution is -2.39. The van der Waals surface area contributed by atoms with E-state index in [0.717, 1.165) is 30.6 Å². The van der Waals surface area contributed by atoms with E-state index < -0.39 is 0 Å². The van der Waals surface area contributed by atoms with Gasteiger partial charge in [0.25, 0.3) is 0 Å². The van der Waals surface area contributed by atoms with Crippen LogP contribution in [-0.2, 0) is 0 Å². The van der Waals surface area contributed by atoms with E-state index in [-0.39, 0.29) is 0 Å². The molecule has 2 rings (SSSR count). The fourth-order valence-electron chi connectivity index (χ4n) is 2.00. The van der Waals surface area contributed by atoms with E-state index in [0.29, 0.717) is 12.6 Å². The van der Waals surface area contributed by atoms with E-state index in [9.17, 15) is 0 Å². The van der Waals surface area contributed by atoms with Gasteiger partial charge in [0, 0.05) is 19.6 Å². The quantitative estimate of drug-likeness (QED) is 0.476. The maximum Gasteiger partial charge on any atom is 0.191 e. The first-order valence-corrected chi connectivity index (χ1v) is 7.35. The van der Waals surface area contributed by atoms with Crippen LogP contribution >= 0.6 is 0 Å². The molecular weight excluding hydrogens is 250 g/mol. The van der Waals surface area contributed by atoms with Crippen molar-refractivity contribution in [3.8, 4) is 5.75 Å². The lowest BCUT2D eigenvalue weighted by Gasteiger charge is -2.12. The van der Waals surface area contributed by atoms with Crippen molar-refractivity contribution in [1.82, 2.24) is 10.6 Å². The van der Waals surface area contributed by atoms with Gasteiger partial charge in [0.1, 0.15) is 5.75 Å². The lowest BCUT2D eigenvalue weighted by molar-refractivity contribution is 0.311. The zero-order valence-corrected chi connectivity index (χ0v) is 12.6. The third-order valence-corrected chi connectivity index (χ3v) is 3.56. The number of rotatable bonds is 6. The number of nitrogens with zero attached hydrogens (tertiary/aromatic N) is 1. The van der Waals surface area contributed by atoms with Crippen molar-refractivity contribution in [2.75, 3.05) is 20.2 Å². The van der Waals surface area contributed by atoms with E-state index in [4.69, 9.17) is 4.74 Å². The van der Waals surface area contributed by atoms with Crippen LogP contribution in [0.4, 0.5) is 0 Å². The standard InChI is InChI=1S/C16H25N3O/c1-12-5-7-14(8-6-12)20-10-4-9-18-16(17-3)19-15-11-13(15)2/h5-8,13,15H,4,9-11H2,1-3H3,(H2,17,18,19). The average molecular weight is 275 g/mol. The average Bonchev–Trinajstić information content (AvgIpc) is 3.14. The molecule has 0 radical (unpaired) electrons. The SMILES string of the molecule is CN=C(NCCCOc1ccc(C)cc1)NC1CC1C. The van der Waals surface area contributed by atoms with Crippen molar-refractivity contribution < 1.29 is 4.74 Å². The first-order valence-electron chi connectivity index (χ1n) is 7.35. The minimum atomic E-state index is 0.602. The molecule has 1 aliphatic carbocycles. The Kier molecular flexibility index (Phi) is 5.27. The second-order valence-electron chi connectivity index (χ2n) is 5.48. The maximum absolute atomic E-state index is 5.69. The number of aryl methyl sites for hydroxylation is 1. The highest BCUT2D eigenvalue weighted by molar-refractivity contribution is 5.80. The minimum Gasteiger partial charge on any atom is -0.494 e. The summed E-state index contributed by atoms with van der Waals surface area (Å²) in [7, 11) is 1.81. The Morgan fingerprint density at radius 1 is 1.35 bits per heavy atom. The Balaban J connectivity index is 1.57. The Labute approximate surface area is 121 Å². The highest BCUT2D eigenvalue weighted by atomic mass is 16.5. The van der Waals surface area contributed by atoms with E-state index in [1.165, 1.54) is 12.0 Å². The van der Waals surface area contributed by atoms with Crippen LogP contribution < -0.4 is 15.4 Å². The largest absolute Gasteiger partial charge is 0.494 e. The Morgan fingerprint density at radius 2 is 2.05 bits per heavy atom. The van der Waals surface area contributed by atoms with Gasteiger partial charge in [-0.05, 0) is 37.8 Å². The van der Waals surface area contributed by atoms with Crippen LogP contribution in [0.15, 0.2) is 29.3 Å². The van der Waals surface area contributed by atoms with Gasteiger partial charge < -0.3 is 15.4 Å². The van der Waals surface area contributed by atoms with Crippen molar-refractivity contribution in [2.24, 2.45) is 10.9 Å². The third-order valence-electron chi connectivity index (χ3n) is 3.56. The van der Waals surface area contributed by atoms with Crippen molar-refractivity contribution in [3.05, 3.63) is 29.8 Å². The summed E-state index contributed by atoms with van der Waals surface area (Å²) in [5.74, 6) is 2.61. The molecule has 0 amide bonds. The van der Waals surface area contributed by atoms with Crippen molar-refractivity contribution in [2.45, 2.75) is 32.7 Å².